The second-order valence-electron chi connectivity index (χ2n) is 7.63. The summed E-state index contributed by atoms with van der Waals surface area (Å²) in [7, 11) is 0. The number of para-hydroxylation sites is 1. The van der Waals surface area contributed by atoms with Crippen LogP contribution in [0.3, 0.4) is 0 Å². The zero-order chi connectivity index (χ0) is 20.9. The number of amides is 1. The number of nitrogens with zero attached hydrogens (tertiary/aromatic N) is 2. The maximum atomic E-state index is 12.4. The largest absolute Gasteiger partial charge is 0.494 e. The van der Waals surface area contributed by atoms with Gasteiger partial charge in [0, 0.05) is 23.8 Å². The first-order valence-electron chi connectivity index (χ1n) is 9.59. The lowest BCUT2D eigenvalue weighted by atomic mass is 9.86. The van der Waals surface area contributed by atoms with Crippen molar-refractivity contribution in [3.8, 4) is 5.75 Å². The van der Waals surface area contributed by atoms with Crippen LogP contribution in [0.5, 0.6) is 5.75 Å². The molecular weight excluding hydrogens is 364 g/mol. The van der Waals surface area contributed by atoms with Crippen molar-refractivity contribution >= 4 is 23.2 Å². The third kappa shape index (κ3) is 5.31. The Morgan fingerprint density at radius 2 is 1.66 bits per heavy atom. The van der Waals surface area contributed by atoms with Crippen molar-refractivity contribution in [2.75, 3.05) is 17.2 Å². The molecule has 0 spiro atoms. The Hall–Kier alpha value is -3.41. The van der Waals surface area contributed by atoms with Gasteiger partial charge >= 0.3 is 0 Å². The van der Waals surface area contributed by atoms with Gasteiger partial charge in [-0.3, -0.25) is 4.79 Å². The van der Waals surface area contributed by atoms with Crippen molar-refractivity contribution in [2.45, 2.75) is 33.1 Å². The van der Waals surface area contributed by atoms with E-state index in [1.54, 1.807) is 12.1 Å². The molecule has 0 aliphatic rings. The molecule has 6 heteroatoms. The quantitative estimate of drug-likeness (QED) is 0.607. The average molecular weight is 390 g/mol. The summed E-state index contributed by atoms with van der Waals surface area (Å²) in [5.74, 6) is 0.940. The van der Waals surface area contributed by atoms with Gasteiger partial charge in [0.1, 0.15) is 5.75 Å². The number of hydrogen-bond donors (Lipinski definition) is 2. The Balaban J connectivity index is 1.68. The van der Waals surface area contributed by atoms with E-state index in [1.807, 2.05) is 37.3 Å². The molecule has 3 aromatic rings. The first kappa shape index (κ1) is 20.3. The van der Waals surface area contributed by atoms with Crippen LogP contribution in [0.25, 0.3) is 0 Å². The van der Waals surface area contributed by atoms with Gasteiger partial charge in [0.2, 0.25) is 5.95 Å². The standard InChI is InChI=1S/C23H26N4O2/c1-5-29-18-12-10-17(11-13-18)26-21(28)16-14-24-22(25-15-16)27-20-9-7-6-8-19(20)23(2,3)4/h6-15H,5H2,1-4H3,(H,26,28)(H,24,25,27). The summed E-state index contributed by atoms with van der Waals surface area (Å²) in [5, 5.41) is 6.08. The number of nitrogens with one attached hydrogen (secondary N) is 2. The molecule has 6 nitrogen and oxygen atoms in total. The zero-order valence-corrected chi connectivity index (χ0v) is 17.2. The average Bonchev–Trinajstić information content (AvgIpc) is 2.70. The van der Waals surface area contributed by atoms with Crippen LogP contribution in [0.15, 0.2) is 60.9 Å². The minimum atomic E-state index is -0.268. The molecule has 0 fully saturated rings. The molecule has 0 aliphatic heterocycles. The third-order valence-corrected chi connectivity index (χ3v) is 4.32. The molecule has 1 heterocycles. The predicted molar refractivity (Wildman–Crippen MR) is 116 cm³/mol. The van der Waals surface area contributed by atoms with Gasteiger partial charge in [-0.25, -0.2) is 9.97 Å². The summed E-state index contributed by atoms with van der Waals surface area (Å²) in [5.41, 5.74) is 3.17. The molecule has 29 heavy (non-hydrogen) atoms. The number of anilines is 3. The maximum absolute atomic E-state index is 12.4. The molecule has 1 aromatic heterocycles. The maximum Gasteiger partial charge on any atom is 0.258 e. The fraction of sp³-hybridized carbons (Fsp3) is 0.261. The highest BCUT2D eigenvalue weighted by atomic mass is 16.5. The fourth-order valence-electron chi connectivity index (χ4n) is 2.88. The van der Waals surface area contributed by atoms with Gasteiger partial charge in [0.25, 0.3) is 5.91 Å². The first-order valence-corrected chi connectivity index (χ1v) is 9.59. The van der Waals surface area contributed by atoms with E-state index in [0.717, 1.165) is 11.4 Å². The minimum Gasteiger partial charge on any atom is -0.494 e. The topological polar surface area (TPSA) is 76.1 Å². The second kappa shape index (κ2) is 8.73. The van der Waals surface area contributed by atoms with Crippen LogP contribution in [0.2, 0.25) is 0 Å². The second-order valence-corrected chi connectivity index (χ2v) is 7.63. The number of benzene rings is 2. The number of carbonyl (C=O) groups is 1. The summed E-state index contributed by atoms with van der Waals surface area (Å²) in [6.07, 6.45) is 3.03. The number of ether oxygens (including phenoxy) is 1. The lowest BCUT2D eigenvalue weighted by Crippen LogP contribution is -2.15. The van der Waals surface area contributed by atoms with E-state index in [4.69, 9.17) is 4.74 Å². The highest BCUT2D eigenvalue weighted by molar-refractivity contribution is 6.03. The molecule has 0 radical (unpaired) electrons. The summed E-state index contributed by atoms with van der Waals surface area (Å²) in [6.45, 7) is 8.99. The summed E-state index contributed by atoms with van der Waals surface area (Å²) < 4.78 is 5.40. The first-order chi connectivity index (χ1) is 13.9. The Labute approximate surface area is 171 Å². The molecule has 0 saturated heterocycles. The molecule has 2 aromatic carbocycles. The number of rotatable bonds is 6. The van der Waals surface area contributed by atoms with Crippen molar-refractivity contribution < 1.29 is 9.53 Å². The number of aromatic nitrogens is 2. The number of hydrogen-bond acceptors (Lipinski definition) is 5. The molecular formula is C23H26N4O2. The van der Waals surface area contributed by atoms with E-state index in [2.05, 4.69) is 47.4 Å². The Bertz CT molecular complexity index is 961. The summed E-state index contributed by atoms with van der Waals surface area (Å²) in [6, 6.07) is 15.3. The van der Waals surface area contributed by atoms with Crippen molar-refractivity contribution in [3.05, 3.63) is 72.1 Å². The molecule has 0 saturated carbocycles. The van der Waals surface area contributed by atoms with Gasteiger partial charge < -0.3 is 15.4 Å². The van der Waals surface area contributed by atoms with E-state index >= 15 is 0 Å². The van der Waals surface area contributed by atoms with E-state index in [1.165, 1.54) is 18.0 Å². The monoisotopic (exact) mass is 390 g/mol. The van der Waals surface area contributed by atoms with Gasteiger partial charge in [-0.05, 0) is 48.2 Å². The Morgan fingerprint density at radius 1 is 1.00 bits per heavy atom. The Kier molecular flexibility index (Phi) is 6.12. The van der Waals surface area contributed by atoms with Crippen LogP contribution in [-0.4, -0.2) is 22.5 Å². The van der Waals surface area contributed by atoms with Crippen LogP contribution >= 0.6 is 0 Å². The van der Waals surface area contributed by atoms with Gasteiger partial charge in [0.05, 0.1) is 12.2 Å². The molecule has 3 rings (SSSR count). The third-order valence-electron chi connectivity index (χ3n) is 4.32. The van der Waals surface area contributed by atoms with E-state index in [-0.39, 0.29) is 11.3 Å². The van der Waals surface area contributed by atoms with E-state index in [9.17, 15) is 4.79 Å². The molecule has 150 valence electrons. The van der Waals surface area contributed by atoms with Gasteiger partial charge in [0.15, 0.2) is 0 Å². The van der Waals surface area contributed by atoms with Crippen LogP contribution < -0.4 is 15.4 Å². The molecule has 0 bridgehead atoms. The fourth-order valence-corrected chi connectivity index (χ4v) is 2.88. The van der Waals surface area contributed by atoms with Crippen molar-refractivity contribution in [1.82, 2.24) is 9.97 Å². The van der Waals surface area contributed by atoms with Crippen molar-refractivity contribution in [1.29, 1.82) is 0 Å². The molecule has 0 aliphatic carbocycles. The number of carbonyl (C=O) groups excluding carboxylic acids is 1. The lowest BCUT2D eigenvalue weighted by Gasteiger charge is -2.22. The summed E-state index contributed by atoms with van der Waals surface area (Å²) >= 11 is 0. The molecule has 1 amide bonds. The SMILES string of the molecule is CCOc1ccc(NC(=O)c2cnc(Nc3ccccc3C(C)(C)C)nc2)cc1. The van der Waals surface area contributed by atoms with Crippen molar-refractivity contribution in [3.63, 3.8) is 0 Å². The summed E-state index contributed by atoms with van der Waals surface area (Å²) in [4.78, 5) is 21.0. The highest BCUT2D eigenvalue weighted by Gasteiger charge is 2.18. The minimum absolute atomic E-state index is 0.0128. The predicted octanol–water partition coefficient (Wildman–Crippen LogP) is 5.17. The molecule has 0 unspecified atom stereocenters. The highest BCUT2D eigenvalue weighted by Crippen LogP contribution is 2.30. The lowest BCUT2D eigenvalue weighted by molar-refractivity contribution is 0.102. The van der Waals surface area contributed by atoms with Crippen molar-refractivity contribution in [2.24, 2.45) is 0 Å². The van der Waals surface area contributed by atoms with E-state index in [0.29, 0.717) is 23.8 Å². The molecule has 2 N–H and O–H groups in total. The normalized spacial score (nSPS) is 11.0. The van der Waals surface area contributed by atoms with Crippen LogP contribution in [-0.2, 0) is 5.41 Å². The van der Waals surface area contributed by atoms with E-state index < -0.39 is 0 Å². The Morgan fingerprint density at radius 3 is 2.28 bits per heavy atom. The van der Waals surface area contributed by atoms with Gasteiger partial charge in [-0.2, -0.15) is 0 Å². The van der Waals surface area contributed by atoms with Gasteiger partial charge in [-0.15, -0.1) is 0 Å². The smallest absolute Gasteiger partial charge is 0.258 e. The van der Waals surface area contributed by atoms with Crippen LogP contribution in [0, 0.1) is 0 Å². The zero-order valence-electron chi connectivity index (χ0n) is 17.2. The van der Waals surface area contributed by atoms with Crippen LogP contribution in [0.1, 0.15) is 43.6 Å². The van der Waals surface area contributed by atoms with Gasteiger partial charge in [-0.1, -0.05) is 39.0 Å². The van der Waals surface area contributed by atoms with Crippen LogP contribution in [0.4, 0.5) is 17.3 Å². The molecule has 0 atom stereocenters.